The van der Waals surface area contributed by atoms with Gasteiger partial charge in [-0.1, -0.05) is 42.5 Å². The van der Waals surface area contributed by atoms with Crippen molar-refractivity contribution in [2.24, 2.45) is 0 Å². The van der Waals surface area contributed by atoms with Crippen LogP contribution in [0.5, 0.6) is 11.5 Å². The number of rotatable bonds is 8. The molecule has 1 N–H and O–H groups in total. The van der Waals surface area contributed by atoms with Gasteiger partial charge in [-0.25, -0.2) is 4.79 Å². The first kappa shape index (κ1) is 21.9. The van der Waals surface area contributed by atoms with Crippen molar-refractivity contribution < 1.29 is 23.8 Å². The van der Waals surface area contributed by atoms with E-state index in [-0.39, 0.29) is 12.5 Å². The number of hydrogen-bond acceptors (Lipinski definition) is 5. The van der Waals surface area contributed by atoms with Crippen LogP contribution in [0.2, 0.25) is 0 Å². The number of esters is 1. The minimum absolute atomic E-state index is 0.275. The van der Waals surface area contributed by atoms with Crippen molar-refractivity contribution in [2.45, 2.75) is 20.0 Å². The predicted octanol–water partition coefficient (Wildman–Crippen LogP) is 4.94. The van der Waals surface area contributed by atoms with Gasteiger partial charge in [-0.2, -0.15) is 0 Å². The van der Waals surface area contributed by atoms with E-state index in [1.165, 1.54) is 0 Å². The number of hydrogen-bond donors (Lipinski definition) is 1. The lowest BCUT2D eigenvalue weighted by molar-refractivity contribution is -0.123. The average Bonchev–Trinajstić information content (AvgIpc) is 2.78. The Bertz CT molecular complexity index is 1050. The second-order valence-corrected chi connectivity index (χ2v) is 6.85. The number of anilines is 1. The Morgan fingerprint density at radius 3 is 2.45 bits per heavy atom. The molecule has 0 aliphatic carbocycles. The van der Waals surface area contributed by atoms with E-state index in [1.807, 2.05) is 49.4 Å². The summed E-state index contributed by atoms with van der Waals surface area (Å²) in [7, 11) is 1.55. The molecular formula is C25H25NO5. The number of amides is 1. The van der Waals surface area contributed by atoms with Crippen molar-refractivity contribution in [1.82, 2.24) is 0 Å². The van der Waals surface area contributed by atoms with Crippen LogP contribution >= 0.6 is 0 Å². The second-order valence-electron chi connectivity index (χ2n) is 6.85. The van der Waals surface area contributed by atoms with Gasteiger partial charge in [-0.05, 0) is 49.7 Å². The molecule has 0 aliphatic heterocycles. The molecule has 160 valence electrons. The van der Waals surface area contributed by atoms with Gasteiger partial charge in [0.1, 0.15) is 11.5 Å². The van der Waals surface area contributed by atoms with Crippen LogP contribution in [-0.4, -0.2) is 25.6 Å². The molecular weight excluding hydrogens is 394 g/mol. The first-order valence-corrected chi connectivity index (χ1v) is 9.96. The number of carbonyl (C=O) groups excluding carboxylic acids is 2. The van der Waals surface area contributed by atoms with E-state index in [4.69, 9.17) is 14.2 Å². The molecule has 31 heavy (non-hydrogen) atoms. The van der Waals surface area contributed by atoms with Crippen LogP contribution in [0.15, 0.2) is 72.8 Å². The third-order valence-electron chi connectivity index (χ3n) is 4.55. The molecule has 0 saturated heterocycles. The maximum atomic E-state index is 13.2. The number of methoxy groups -OCH3 is 1. The highest BCUT2D eigenvalue weighted by atomic mass is 16.5. The minimum atomic E-state index is -0.941. The van der Waals surface area contributed by atoms with Gasteiger partial charge in [0.25, 0.3) is 5.91 Å². The Morgan fingerprint density at radius 2 is 1.74 bits per heavy atom. The quantitative estimate of drug-likeness (QED) is 0.524. The van der Waals surface area contributed by atoms with Crippen LogP contribution in [0.1, 0.15) is 34.5 Å². The molecule has 0 heterocycles. The average molecular weight is 419 g/mol. The van der Waals surface area contributed by atoms with Gasteiger partial charge < -0.3 is 19.5 Å². The Kier molecular flexibility index (Phi) is 7.27. The molecule has 3 aromatic carbocycles. The highest BCUT2D eigenvalue weighted by Crippen LogP contribution is 2.29. The molecule has 3 aromatic rings. The molecule has 0 radical (unpaired) electrons. The fourth-order valence-corrected chi connectivity index (χ4v) is 3.07. The summed E-state index contributed by atoms with van der Waals surface area (Å²) < 4.78 is 16.5. The summed E-state index contributed by atoms with van der Waals surface area (Å²) in [6, 6.07) is 21.3. The third kappa shape index (κ3) is 5.63. The first-order valence-electron chi connectivity index (χ1n) is 9.96. The summed E-state index contributed by atoms with van der Waals surface area (Å²) in [5, 5.41) is 2.90. The van der Waals surface area contributed by atoms with Gasteiger partial charge in [0.05, 0.1) is 25.0 Å². The maximum absolute atomic E-state index is 13.2. The molecule has 3 rings (SSSR count). The highest BCUT2D eigenvalue weighted by molar-refractivity contribution is 5.96. The molecule has 0 aliphatic rings. The van der Waals surface area contributed by atoms with Crippen LogP contribution in [0, 0.1) is 6.92 Å². The Labute approximate surface area is 181 Å². The predicted molar refractivity (Wildman–Crippen MR) is 119 cm³/mol. The Morgan fingerprint density at radius 1 is 0.968 bits per heavy atom. The highest BCUT2D eigenvalue weighted by Gasteiger charge is 2.24. The molecule has 0 fully saturated rings. The van der Waals surface area contributed by atoms with E-state index in [0.29, 0.717) is 28.3 Å². The summed E-state index contributed by atoms with van der Waals surface area (Å²) in [5.74, 6) is 0.121. The van der Waals surface area contributed by atoms with E-state index >= 15 is 0 Å². The van der Waals surface area contributed by atoms with Crippen molar-refractivity contribution in [1.29, 1.82) is 0 Å². The lowest BCUT2D eigenvalue weighted by Crippen LogP contribution is -2.26. The van der Waals surface area contributed by atoms with E-state index < -0.39 is 12.1 Å². The zero-order chi connectivity index (χ0) is 22.2. The third-order valence-corrected chi connectivity index (χ3v) is 4.55. The Hall–Kier alpha value is -3.80. The zero-order valence-electron chi connectivity index (χ0n) is 17.8. The van der Waals surface area contributed by atoms with E-state index in [2.05, 4.69) is 5.32 Å². The van der Waals surface area contributed by atoms with Crippen molar-refractivity contribution in [2.75, 3.05) is 19.0 Å². The smallest absolute Gasteiger partial charge is 0.338 e. The molecule has 1 amide bonds. The van der Waals surface area contributed by atoms with E-state index in [0.717, 1.165) is 5.56 Å². The number of ether oxygens (including phenoxy) is 3. The molecule has 0 bridgehead atoms. The van der Waals surface area contributed by atoms with Crippen LogP contribution < -0.4 is 14.8 Å². The number of nitrogens with one attached hydrogen (secondary N) is 1. The zero-order valence-corrected chi connectivity index (χ0v) is 17.8. The number of benzene rings is 3. The summed E-state index contributed by atoms with van der Waals surface area (Å²) in [4.78, 5) is 25.3. The summed E-state index contributed by atoms with van der Waals surface area (Å²) >= 11 is 0. The first-order chi connectivity index (χ1) is 15.0. The monoisotopic (exact) mass is 419 g/mol. The topological polar surface area (TPSA) is 73.9 Å². The molecule has 1 atom stereocenters. The lowest BCUT2D eigenvalue weighted by Gasteiger charge is -2.20. The molecule has 6 heteroatoms. The van der Waals surface area contributed by atoms with Gasteiger partial charge in [-0.3, -0.25) is 4.79 Å². The van der Waals surface area contributed by atoms with Gasteiger partial charge in [0.15, 0.2) is 0 Å². The summed E-state index contributed by atoms with van der Waals surface area (Å²) in [6.07, 6.45) is -0.941. The van der Waals surface area contributed by atoms with Crippen molar-refractivity contribution in [3.05, 3.63) is 89.5 Å². The van der Waals surface area contributed by atoms with E-state index in [1.54, 1.807) is 44.4 Å². The molecule has 6 nitrogen and oxygen atoms in total. The number of aryl methyl sites for hydroxylation is 1. The fourth-order valence-electron chi connectivity index (χ4n) is 3.07. The normalized spacial score (nSPS) is 11.3. The SMILES string of the molecule is CCOC(=O)c1cccc(O[C@H](C(=O)Nc2cc(C)ccc2OC)c2ccccc2)c1. The maximum Gasteiger partial charge on any atom is 0.338 e. The van der Waals surface area contributed by atoms with Gasteiger partial charge in [0.2, 0.25) is 6.10 Å². The minimum Gasteiger partial charge on any atom is -0.495 e. The number of carbonyl (C=O) groups is 2. The fraction of sp³-hybridized carbons (Fsp3) is 0.200. The van der Waals surface area contributed by atoms with Crippen LogP contribution in [0.3, 0.4) is 0 Å². The lowest BCUT2D eigenvalue weighted by atomic mass is 10.1. The van der Waals surface area contributed by atoms with Crippen molar-refractivity contribution in [3.8, 4) is 11.5 Å². The summed E-state index contributed by atoms with van der Waals surface area (Å²) in [6.45, 7) is 3.95. The van der Waals surface area contributed by atoms with Crippen molar-refractivity contribution in [3.63, 3.8) is 0 Å². The van der Waals surface area contributed by atoms with Crippen LogP contribution in [0.4, 0.5) is 5.69 Å². The second kappa shape index (κ2) is 10.3. The van der Waals surface area contributed by atoms with E-state index in [9.17, 15) is 9.59 Å². The van der Waals surface area contributed by atoms with Crippen molar-refractivity contribution >= 4 is 17.6 Å². The Balaban J connectivity index is 1.90. The molecule has 0 aromatic heterocycles. The van der Waals surface area contributed by atoms with Gasteiger partial charge in [0, 0.05) is 5.56 Å². The largest absolute Gasteiger partial charge is 0.495 e. The van der Waals surface area contributed by atoms with Gasteiger partial charge >= 0.3 is 5.97 Å². The summed E-state index contributed by atoms with van der Waals surface area (Å²) in [5.41, 5.74) is 2.56. The van der Waals surface area contributed by atoms with Gasteiger partial charge in [-0.15, -0.1) is 0 Å². The standard InChI is InChI=1S/C25H25NO5/c1-4-30-25(28)19-11-8-12-20(16-19)31-23(18-9-6-5-7-10-18)24(27)26-21-15-17(2)13-14-22(21)29-3/h5-16,23H,4H2,1-3H3,(H,26,27)/t23-/m0/s1. The molecule has 0 saturated carbocycles. The van der Waals surface area contributed by atoms with Crippen LogP contribution in [-0.2, 0) is 9.53 Å². The van der Waals surface area contributed by atoms with Crippen LogP contribution in [0.25, 0.3) is 0 Å². The molecule has 0 unspecified atom stereocenters. The molecule has 0 spiro atoms.